The van der Waals surface area contributed by atoms with Crippen LogP contribution in [0.4, 0.5) is 10.2 Å². The summed E-state index contributed by atoms with van der Waals surface area (Å²) in [6.45, 7) is 17.7. The number of unbranched alkanes of at least 4 members (excludes halogenated alkanes) is 1. The standard InChI is InChI=1S/C35H56FN7O3/c1-8-10-12-27(5)30(13-11-17-40(6)19-20-45-7)42-23-35(24-42)16-18-41(22-35)32-33(39-38-25-37-32)46-31-15-14-28(36)21-29(31)34(44)43(9-2)26(3)4/h14-15,21,25-27,30H,8-13,16-20,22-24H2,1-7H3/t27?,30-/m1/s1. The fourth-order valence-electron chi connectivity index (χ4n) is 7.20. The van der Waals surface area contributed by atoms with Crippen molar-refractivity contribution < 1.29 is 18.7 Å². The van der Waals surface area contributed by atoms with E-state index in [-0.39, 0.29) is 34.6 Å². The first kappa shape index (κ1) is 36.0. The number of ether oxygens (including phenoxy) is 2. The SMILES string of the molecule is CCCCC(C)[C@@H](CCCN(C)CCOC)N1CC2(CCN(c3ncnnc3Oc3ccc(F)cc3C(=O)N(CC)C(C)C)C2)C1. The zero-order chi connectivity index (χ0) is 33.3. The lowest BCUT2D eigenvalue weighted by atomic mass is 9.76. The van der Waals surface area contributed by atoms with Crippen LogP contribution in [0.3, 0.4) is 0 Å². The molecule has 0 saturated carbocycles. The minimum absolute atomic E-state index is 0.0401. The maximum Gasteiger partial charge on any atom is 0.282 e. The quantitative estimate of drug-likeness (QED) is 0.202. The summed E-state index contributed by atoms with van der Waals surface area (Å²) in [6.07, 6.45) is 8.68. The molecule has 0 aliphatic carbocycles. The summed E-state index contributed by atoms with van der Waals surface area (Å²) in [5.41, 5.74) is 0.364. The number of likely N-dealkylation sites (N-methyl/N-ethyl adjacent to an activating group) is 1. The predicted octanol–water partition coefficient (Wildman–Crippen LogP) is 5.74. The molecule has 2 aliphatic heterocycles. The zero-order valence-electron chi connectivity index (χ0n) is 29.2. The van der Waals surface area contributed by atoms with Crippen molar-refractivity contribution >= 4 is 11.7 Å². The molecule has 1 spiro atoms. The molecule has 3 heterocycles. The maximum atomic E-state index is 14.3. The minimum Gasteiger partial charge on any atom is -0.434 e. The molecular formula is C35H56FN7O3. The van der Waals surface area contributed by atoms with Gasteiger partial charge < -0.3 is 24.2 Å². The first-order valence-electron chi connectivity index (χ1n) is 17.2. The van der Waals surface area contributed by atoms with Crippen molar-refractivity contribution in [2.75, 3.05) is 71.5 Å². The molecule has 256 valence electrons. The second kappa shape index (κ2) is 16.8. The van der Waals surface area contributed by atoms with Crippen molar-refractivity contribution in [2.24, 2.45) is 11.3 Å². The normalized spacial score (nSPS) is 17.5. The van der Waals surface area contributed by atoms with Crippen molar-refractivity contribution in [3.63, 3.8) is 0 Å². The lowest BCUT2D eigenvalue weighted by molar-refractivity contribution is -0.0382. The number of benzene rings is 1. The summed E-state index contributed by atoms with van der Waals surface area (Å²) in [6, 6.07) is 4.56. The molecule has 0 radical (unpaired) electrons. The van der Waals surface area contributed by atoms with Crippen LogP contribution in [0.2, 0.25) is 0 Å². The molecule has 4 rings (SSSR count). The predicted molar refractivity (Wildman–Crippen MR) is 180 cm³/mol. The summed E-state index contributed by atoms with van der Waals surface area (Å²) in [5.74, 6) is 0.962. The molecule has 2 aliphatic rings. The first-order chi connectivity index (χ1) is 22.1. The molecule has 1 aromatic carbocycles. The third kappa shape index (κ3) is 8.92. The van der Waals surface area contributed by atoms with E-state index >= 15 is 0 Å². The van der Waals surface area contributed by atoms with Crippen LogP contribution >= 0.6 is 0 Å². The lowest BCUT2D eigenvalue weighted by Crippen LogP contribution is -2.62. The molecule has 2 atom stereocenters. The number of rotatable bonds is 18. The van der Waals surface area contributed by atoms with Gasteiger partial charge in [-0.05, 0) is 84.2 Å². The molecule has 1 aromatic heterocycles. The molecule has 0 bridgehead atoms. The number of aromatic nitrogens is 3. The van der Waals surface area contributed by atoms with E-state index in [2.05, 4.69) is 50.8 Å². The highest BCUT2D eigenvalue weighted by Crippen LogP contribution is 2.45. The van der Waals surface area contributed by atoms with Crippen LogP contribution in [0.1, 0.15) is 83.5 Å². The molecule has 1 unspecified atom stereocenters. The smallest absolute Gasteiger partial charge is 0.282 e. The van der Waals surface area contributed by atoms with Gasteiger partial charge in [-0.2, -0.15) is 0 Å². The van der Waals surface area contributed by atoms with Gasteiger partial charge in [0.2, 0.25) is 0 Å². The lowest BCUT2D eigenvalue weighted by Gasteiger charge is -2.53. The van der Waals surface area contributed by atoms with Gasteiger partial charge in [-0.15, -0.1) is 10.2 Å². The van der Waals surface area contributed by atoms with Gasteiger partial charge in [0.05, 0.1) is 12.2 Å². The monoisotopic (exact) mass is 641 g/mol. The number of halogens is 1. The number of methoxy groups -OCH3 is 1. The second-order valence-corrected chi connectivity index (χ2v) is 13.7. The highest BCUT2D eigenvalue weighted by molar-refractivity contribution is 5.97. The van der Waals surface area contributed by atoms with Gasteiger partial charge in [0.15, 0.2) is 5.82 Å². The average Bonchev–Trinajstić information content (AvgIpc) is 3.47. The number of carbonyl (C=O) groups excluding carboxylic acids is 1. The summed E-state index contributed by atoms with van der Waals surface area (Å²) in [4.78, 5) is 27.0. The van der Waals surface area contributed by atoms with Crippen LogP contribution in [0.15, 0.2) is 24.5 Å². The molecule has 2 aromatic rings. The fraction of sp³-hybridized carbons (Fsp3) is 0.714. The van der Waals surface area contributed by atoms with Gasteiger partial charge in [0.25, 0.3) is 11.8 Å². The third-order valence-corrected chi connectivity index (χ3v) is 9.85. The van der Waals surface area contributed by atoms with Crippen molar-refractivity contribution in [1.29, 1.82) is 0 Å². The number of nitrogens with zero attached hydrogens (tertiary/aromatic N) is 7. The van der Waals surface area contributed by atoms with Gasteiger partial charge in [0.1, 0.15) is 17.9 Å². The van der Waals surface area contributed by atoms with Crippen LogP contribution in [0.25, 0.3) is 0 Å². The number of anilines is 1. The number of amides is 1. The Bertz CT molecular complexity index is 1260. The van der Waals surface area contributed by atoms with Crippen molar-refractivity contribution in [1.82, 2.24) is 29.9 Å². The van der Waals surface area contributed by atoms with Crippen LogP contribution in [0, 0.1) is 17.2 Å². The molecule has 10 nitrogen and oxygen atoms in total. The number of carbonyl (C=O) groups is 1. The number of likely N-dealkylation sites (tertiary alicyclic amines) is 1. The second-order valence-electron chi connectivity index (χ2n) is 13.7. The Morgan fingerprint density at radius 2 is 1.89 bits per heavy atom. The van der Waals surface area contributed by atoms with Gasteiger partial charge in [0, 0.05) is 63.9 Å². The van der Waals surface area contributed by atoms with Crippen LogP contribution in [-0.2, 0) is 4.74 Å². The number of hydrogen-bond acceptors (Lipinski definition) is 9. The van der Waals surface area contributed by atoms with E-state index in [1.807, 2.05) is 20.8 Å². The van der Waals surface area contributed by atoms with Crippen LogP contribution in [-0.4, -0.2) is 114 Å². The van der Waals surface area contributed by atoms with Crippen LogP contribution in [0.5, 0.6) is 11.6 Å². The largest absolute Gasteiger partial charge is 0.434 e. The van der Waals surface area contributed by atoms with E-state index in [1.54, 1.807) is 12.0 Å². The van der Waals surface area contributed by atoms with E-state index in [0.29, 0.717) is 24.3 Å². The van der Waals surface area contributed by atoms with Gasteiger partial charge in [-0.1, -0.05) is 26.7 Å². The Kier molecular flexibility index (Phi) is 13.1. The van der Waals surface area contributed by atoms with Gasteiger partial charge in [-0.3, -0.25) is 9.69 Å². The van der Waals surface area contributed by atoms with E-state index in [0.717, 1.165) is 52.3 Å². The average molecular weight is 642 g/mol. The Hall–Kier alpha value is -2.89. The highest BCUT2D eigenvalue weighted by atomic mass is 19.1. The Labute approximate surface area is 275 Å². The van der Waals surface area contributed by atoms with E-state index < -0.39 is 5.82 Å². The first-order valence-corrected chi connectivity index (χ1v) is 17.2. The maximum absolute atomic E-state index is 14.3. The fourth-order valence-corrected chi connectivity index (χ4v) is 7.20. The molecule has 46 heavy (non-hydrogen) atoms. The van der Waals surface area contributed by atoms with Crippen molar-refractivity contribution in [2.45, 2.75) is 85.2 Å². The summed E-state index contributed by atoms with van der Waals surface area (Å²) in [5, 5.41) is 8.27. The molecular weight excluding hydrogens is 585 g/mol. The summed E-state index contributed by atoms with van der Waals surface area (Å²) >= 11 is 0. The Balaban J connectivity index is 1.44. The Morgan fingerprint density at radius 3 is 2.59 bits per heavy atom. The summed E-state index contributed by atoms with van der Waals surface area (Å²) in [7, 11) is 3.94. The molecule has 2 saturated heterocycles. The van der Waals surface area contributed by atoms with E-state index in [4.69, 9.17) is 9.47 Å². The Morgan fingerprint density at radius 1 is 1.11 bits per heavy atom. The topological polar surface area (TPSA) is 87.2 Å². The van der Waals surface area contributed by atoms with Crippen molar-refractivity contribution in [3.8, 4) is 11.6 Å². The zero-order valence-corrected chi connectivity index (χ0v) is 29.2. The summed E-state index contributed by atoms with van der Waals surface area (Å²) < 4.78 is 25.8. The molecule has 0 N–H and O–H groups in total. The van der Waals surface area contributed by atoms with E-state index in [9.17, 15) is 9.18 Å². The van der Waals surface area contributed by atoms with Gasteiger partial charge in [-0.25, -0.2) is 9.37 Å². The van der Waals surface area contributed by atoms with Crippen LogP contribution < -0.4 is 9.64 Å². The van der Waals surface area contributed by atoms with Gasteiger partial charge >= 0.3 is 0 Å². The third-order valence-electron chi connectivity index (χ3n) is 9.85. The van der Waals surface area contributed by atoms with Crippen molar-refractivity contribution in [3.05, 3.63) is 35.9 Å². The molecule has 2 fully saturated rings. The number of hydrogen-bond donors (Lipinski definition) is 0. The molecule has 11 heteroatoms. The molecule has 1 amide bonds. The highest BCUT2D eigenvalue weighted by Gasteiger charge is 2.50. The van der Waals surface area contributed by atoms with E-state index in [1.165, 1.54) is 56.6 Å². The minimum atomic E-state index is -0.496.